The molecule has 3 amide bonds. The van der Waals surface area contributed by atoms with Crippen molar-refractivity contribution in [3.8, 4) is 0 Å². The highest BCUT2D eigenvalue weighted by Crippen LogP contribution is 2.41. The maximum atomic E-state index is 12.5. The lowest BCUT2D eigenvalue weighted by Crippen LogP contribution is -2.68. The summed E-state index contributed by atoms with van der Waals surface area (Å²) >= 11 is 0. The SMILES string of the molecule is CS(=O)(=O)C1CN(C(=O)N2CC3(CCN(C(=O)OCc4ccccc4)CC3)C2)C1. The number of ether oxygens (including phenoxy) is 1. The van der Waals surface area contributed by atoms with Crippen LogP contribution in [0.25, 0.3) is 0 Å². The van der Waals surface area contributed by atoms with Crippen LogP contribution in [-0.2, 0) is 21.2 Å². The van der Waals surface area contributed by atoms with Gasteiger partial charge < -0.3 is 19.4 Å². The van der Waals surface area contributed by atoms with Crippen LogP contribution in [0.1, 0.15) is 18.4 Å². The number of carbonyl (C=O) groups excluding carboxylic acids is 2. The first kappa shape index (κ1) is 20.0. The molecule has 0 bridgehead atoms. The Kier molecular flexibility index (Phi) is 5.18. The molecule has 0 atom stereocenters. The highest BCUT2D eigenvalue weighted by Gasteiger charge is 2.50. The summed E-state index contributed by atoms with van der Waals surface area (Å²) in [5, 5.41) is -0.424. The van der Waals surface area contributed by atoms with E-state index < -0.39 is 15.1 Å². The van der Waals surface area contributed by atoms with Gasteiger partial charge >= 0.3 is 12.1 Å². The fourth-order valence-corrected chi connectivity index (χ4v) is 5.16. The highest BCUT2D eigenvalue weighted by molar-refractivity contribution is 7.91. The molecular formula is C20H27N3O5S. The van der Waals surface area contributed by atoms with Crippen molar-refractivity contribution in [1.82, 2.24) is 14.7 Å². The Balaban J connectivity index is 1.19. The van der Waals surface area contributed by atoms with E-state index in [-0.39, 0.29) is 24.1 Å². The molecule has 29 heavy (non-hydrogen) atoms. The molecule has 1 aromatic carbocycles. The van der Waals surface area contributed by atoms with Crippen molar-refractivity contribution in [2.45, 2.75) is 24.7 Å². The van der Waals surface area contributed by atoms with Crippen LogP contribution < -0.4 is 0 Å². The van der Waals surface area contributed by atoms with Crippen molar-refractivity contribution in [2.24, 2.45) is 5.41 Å². The number of rotatable bonds is 3. The van der Waals surface area contributed by atoms with Gasteiger partial charge in [-0.15, -0.1) is 0 Å². The normalized spacial score (nSPS) is 21.5. The summed E-state index contributed by atoms with van der Waals surface area (Å²) in [5.41, 5.74) is 1.04. The minimum atomic E-state index is -3.07. The number of piperidine rings is 1. The summed E-state index contributed by atoms with van der Waals surface area (Å²) in [6, 6.07) is 9.54. The summed E-state index contributed by atoms with van der Waals surface area (Å²) in [6.45, 7) is 3.49. The Morgan fingerprint density at radius 2 is 1.66 bits per heavy atom. The molecule has 3 aliphatic rings. The zero-order valence-electron chi connectivity index (χ0n) is 16.6. The third-order valence-electron chi connectivity index (χ3n) is 6.33. The predicted molar refractivity (Wildman–Crippen MR) is 107 cm³/mol. The van der Waals surface area contributed by atoms with Crippen LogP contribution in [0.3, 0.4) is 0 Å². The molecule has 3 fully saturated rings. The number of carbonyl (C=O) groups is 2. The summed E-state index contributed by atoms with van der Waals surface area (Å²) in [7, 11) is -3.07. The van der Waals surface area contributed by atoms with E-state index in [1.165, 1.54) is 6.26 Å². The number of amides is 3. The van der Waals surface area contributed by atoms with Gasteiger partial charge in [-0.2, -0.15) is 0 Å². The van der Waals surface area contributed by atoms with E-state index in [1.807, 2.05) is 30.3 Å². The molecule has 3 saturated heterocycles. The van der Waals surface area contributed by atoms with Crippen LogP contribution >= 0.6 is 0 Å². The van der Waals surface area contributed by atoms with E-state index in [4.69, 9.17) is 4.74 Å². The van der Waals surface area contributed by atoms with Gasteiger partial charge in [0.2, 0.25) is 0 Å². The van der Waals surface area contributed by atoms with Gasteiger partial charge in [0.15, 0.2) is 9.84 Å². The van der Waals surface area contributed by atoms with Crippen molar-refractivity contribution in [3.05, 3.63) is 35.9 Å². The topological polar surface area (TPSA) is 87.2 Å². The smallest absolute Gasteiger partial charge is 0.410 e. The van der Waals surface area contributed by atoms with E-state index in [0.29, 0.717) is 39.3 Å². The second-order valence-electron chi connectivity index (χ2n) is 8.52. The fraction of sp³-hybridized carbons (Fsp3) is 0.600. The molecule has 4 rings (SSSR count). The number of benzene rings is 1. The monoisotopic (exact) mass is 421 g/mol. The highest BCUT2D eigenvalue weighted by atomic mass is 32.2. The predicted octanol–water partition coefficient (Wildman–Crippen LogP) is 1.57. The summed E-state index contributed by atoms with van der Waals surface area (Å²) < 4.78 is 28.4. The van der Waals surface area contributed by atoms with Crippen molar-refractivity contribution in [1.29, 1.82) is 0 Å². The molecule has 0 aromatic heterocycles. The van der Waals surface area contributed by atoms with Crippen molar-refractivity contribution in [3.63, 3.8) is 0 Å². The van der Waals surface area contributed by atoms with Gasteiger partial charge in [0.05, 0.1) is 5.25 Å². The molecule has 158 valence electrons. The fourth-order valence-electron chi connectivity index (χ4n) is 4.25. The Labute approximate surface area is 171 Å². The molecule has 9 heteroatoms. The second kappa shape index (κ2) is 7.51. The van der Waals surface area contributed by atoms with Crippen LogP contribution in [0.5, 0.6) is 0 Å². The first-order valence-corrected chi connectivity index (χ1v) is 11.9. The molecule has 0 saturated carbocycles. The maximum absolute atomic E-state index is 12.5. The number of likely N-dealkylation sites (tertiary alicyclic amines) is 3. The van der Waals surface area contributed by atoms with Crippen molar-refractivity contribution >= 4 is 22.0 Å². The molecule has 8 nitrogen and oxygen atoms in total. The zero-order chi connectivity index (χ0) is 20.6. The molecular weight excluding hydrogens is 394 g/mol. The third-order valence-corrected chi connectivity index (χ3v) is 7.84. The van der Waals surface area contributed by atoms with Gasteiger partial charge in [0.25, 0.3) is 0 Å². The van der Waals surface area contributed by atoms with Gasteiger partial charge in [0, 0.05) is 50.9 Å². The van der Waals surface area contributed by atoms with Crippen LogP contribution in [0.2, 0.25) is 0 Å². The van der Waals surface area contributed by atoms with E-state index in [1.54, 1.807) is 14.7 Å². The Bertz CT molecular complexity index is 867. The number of sulfone groups is 1. The first-order chi connectivity index (χ1) is 13.8. The third kappa shape index (κ3) is 4.19. The van der Waals surface area contributed by atoms with Crippen LogP contribution in [0.15, 0.2) is 30.3 Å². The molecule has 1 aromatic rings. The number of hydrogen-bond donors (Lipinski definition) is 0. The van der Waals surface area contributed by atoms with Crippen molar-refractivity contribution < 1.29 is 22.7 Å². The van der Waals surface area contributed by atoms with Crippen molar-refractivity contribution in [2.75, 3.05) is 45.5 Å². The van der Waals surface area contributed by atoms with Gasteiger partial charge in [-0.05, 0) is 18.4 Å². The Hall–Kier alpha value is -2.29. The maximum Gasteiger partial charge on any atom is 0.410 e. The van der Waals surface area contributed by atoms with Gasteiger partial charge in [-0.3, -0.25) is 0 Å². The summed E-state index contributed by atoms with van der Waals surface area (Å²) in [5.74, 6) is 0. The molecule has 1 spiro atoms. The molecule has 0 unspecified atom stereocenters. The first-order valence-electron chi connectivity index (χ1n) is 9.94. The van der Waals surface area contributed by atoms with Gasteiger partial charge in [0.1, 0.15) is 6.61 Å². The van der Waals surface area contributed by atoms with Crippen LogP contribution in [0.4, 0.5) is 9.59 Å². The van der Waals surface area contributed by atoms with E-state index in [2.05, 4.69) is 0 Å². The number of nitrogens with zero attached hydrogens (tertiary/aromatic N) is 3. The van der Waals surface area contributed by atoms with E-state index in [9.17, 15) is 18.0 Å². The largest absolute Gasteiger partial charge is 0.445 e. The van der Waals surface area contributed by atoms with Crippen LogP contribution in [-0.4, -0.2) is 86.0 Å². The van der Waals surface area contributed by atoms with Gasteiger partial charge in [-0.1, -0.05) is 30.3 Å². The molecule has 3 heterocycles. The zero-order valence-corrected chi connectivity index (χ0v) is 17.4. The lowest BCUT2D eigenvalue weighted by atomic mass is 9.72. The quantitative estimate of drug-likeness (QED) is 0.739. The average Bonchev–Trinajstić information content (AvgIpc) is 2.62. The molecule has 3 aliphatic heterocycles. The average molecular weight is 422 g/mol. The minimum Gasteiger partial charge on any atom is -0.445 e. The van der Waals surface area contributed by atoms with E-state index >= 15 is 0 Å². The Morgan fingerprint density at radius 1 is 1.03 bits per heavy atom. The number of hydrogen-bond acceptors (Lipinski definition) is 5. The second-order valence-corrected chi connectivity index (χ2v) is 10.8. The standard InChI is InChI=1S/C20H27N3O5S/c1-29(26,27)17-11-22(12-17)18(24)23-14-20(15-23)7-9-21(10-8-20)19(25)28-13-16-5-3-2-4-6-16/h2-6,17H,7-15H2,1H3. The molecule has 0 N–H and O–H groups in total. The Morgan fingerprint density at radius 3 is 2.24 bits per heavy atom. The minimum absolute atomic E-state index is 0.0692. The lowest BCUT2D eigenvalue weighted by Gasteiger charge is -2.55. The number of urea groups is 1. The summed E-state index contributed by atoms with van der Waals surface area (Å²) in [6.07, 6.45) is 2.63. The van der Waals surface area contributed by atoms with Gasteiger partial charge in [-0.25, -0.2) is 18.0 Å². The lowest BCUT2D eigenvalue weighted by molar-refractivity contribution is -0.0325. The molecule has 0 aliphatic carbocycles. The van der Waals surface area contributed by atoms with Crippen LogP contribution in [0, 0.1) is 5.41 Å². The molecule has 0 radical (unpaired) electrons. The summed E-state index contributed by atoms with van der Waals surface area (Å²) in [4.78, 5) is 29.9. The van der Waals surface area contributed by atoms with E-state index in [0.717, 1.165) is 18.4 Å².